The van der Waals surface area contributed by atoms with E-state index in [2.05, 4.69) is 48.2 Å². The molecule has 0 amide bonds. The first-order valence-corrected chi connectivity index (χ1v) is 8.27. The van der Waals surface area contributed by atoms with Crippen molar-refractivity contribution in [3.05, 3.63) is 48.0 Å². The summed E-state index contributed by atoms with van der Waals surface area (Å²) in [6.07, 6.45) is -0.233. The van der Waals surface area contributed by atoms with E-state index in [1.807, 2.05) is 13.0 Å². The summed E-state index contributed by atoms with van der Waals surface area (Å²) < 4.78 is 5.30. The highest BCUT2D eigenvalue weighted by molar-refractivity contribution is 7.99. The summed E-state index contributed by atoms with van der Waals surface area (Å²) in [5.74, 6) is -0.253. The highest BCUT2D eigenvalue weighted by Crippen LogP contribution is 2.48. The van der Waals surface area contributed by atoms with Gasteiger partial charge >= 0.3 is 5.97 Å². The SMILES string of the molecule is CCN1c2ccccc2Sc2ccc([C@@H](C)OC(C)=O)cc21. The van der Waals surface area contributed by atoms with Crippen molar-refractivity contribution in [2.45, 2.75) is 36.7 Å². The van der Waals surface area contributed by atoms with Crippen molar-refractivity contribution in [1.82, 2.24) is 0 Å². The molecule has 4 heteroatoms. The maximum absolute atomic E-state index is 11.2. The predicted molar refractivity (Wildman–Crippen MR) is 89.9 cm³/mol. The third kappa shape index (κ3) is 2.71. The summed E-state index contributed by atoms with van der Waals surface area (Å²) in [5, 5.41) is 0. The third-order valence-corrected chi connectivity index (χ3v) is 4.91. The fourth-order valence-corrected chi connectivity index (χ4v) is 3.83. The lowest BCUT2D eigenvalue weighted by Crippen LogP contribution is -2.20. The molecule has 0 aliphatic carbocycles. The molecule has 1 aliphatic rings. The van der Waals surface area contributed by atoms with Gasteiger partial charge < -0.3 is 9.64 Å². The minimum absolute atomic E-state index is 0.233. The van der Waals surface area contributed by atoms with Crippen molar-refractivity contribution < 1.29 is 9.53 Å². The number of hydrogen-bond donors (Lipinski definition) is 0. The highest BCUT2D eigenvalue weighted by Gasteiger charge is 2.23. The Bertz CT molecular complexity index is 714. The van der Waals surface area contributed by atoms with Crippen LogP contribution in [0, 0.1) is 0 Å². The molecule has 2 aromatic carbocycles. The van der Waals surface area contributed by atoms with Gasteiger partial charge in [-0.1, -0.05) is 30.0 Å². The largest absolute Gasteiger partial charge is 0.458 e. The van der Waals surface area contributed by atoms with Gasteiger partial charge in [-0.05, 0) is 43.7 Å². The Morgan fingerprint density at radius 1 is 1.18 bits per heavy atom. The zero-order valence-corrected chi connectivity index (χ0v) is 13.8. The number of fused-ring (bicyclic) bond motifs is 2. The van der Waals surface area contributed by atoms with Gasteiger partial charge in [-0.3, -0.25) is 4.79 Å². The lowest BCUT2D eigenvalue weighted by molar-refractivity contribution is -0.145. The van der Waals surface area contributed by atoms with E-state index in [0.29, 0.717) is 0 Å². The molecule has 1 atom stereocenters. The van der Waals surface area contributed by atoms with E-state index in [1.165, 1.54) is 28.1 Å². The first-order valence-electron chi connectivity index (χ1n) is 7.45. The minimum atomic E-state index is -0.253. The van der Waals surface area contributed by atoms with Gasteiger partial charge in [-0.25, -0.2) is 0 Å². The van der Waals surface area contributed by atoms with Crippen molar-refractivity contribution in [1.29, 1.82) is 0 Å². The summed E-state index contributed by atoms with van der Waals surface area (Å²) >= 11 is 1.79. The quantitative estimate of drug-likeness (QED) is 0.751. The van der Waals surface area contributed by atoms with Crippen molar-refractivity contribution in [2.75, 3.05) is 11.4 Å². The van der Waals surface area contributed by atoms with Crippen LogP contribution in [0.25, 0.3) is 0 Å². The molecular weight excluding hydrogens is 294 g/mol. The van der Waals surface area contributed by atoms with Crippen molar-refractivity contribution in [3.63, 3.8) is 0 Å². The zero-order valence-electron chi connectivity index (χ0n) is 13.0. The highest BCUT2D eigenvalue weighted by atomic mass is 32.2. The van der Waals surface area contributed by atoms with Gasteiger partial charge in [0.2, 0.25) is 0 Å². The summed E-state index contributed by atoms with van der Waals surface area (Å²) in [4.78, 5) is 16.0. The van der Waals surface area contributed by atoms with Crippen LogP contribution in [-0.4, -0.2) is 12.5 Å². The van der Waals surface area contributed by atoms with Crippen molar-refractivity contribution in [3.8, 4) is 0 Å². The zero-order chi connectivity index (χ0) is 15.7. The van der Waals surface area contributed by atoms with Crippen LogP contribution in [0.4, 0.5) is 11.4 Å². The van der Waals surface area contributed by atoms with Crippen LogP contribution in [0.3, 0.4) is 0 Å². The van der Waals surface area contributed by atoms with E-state index in [-0.39, 0.29) is 12.1 Å². The monoisotopic (exact) mass is 313 g/mol. The Morgan fingerprint density at radius 2 is 1.91 bits per heavy atom. The Hall–Kier alpha value is -1.94. The van der Waals surface area contributed by atoms with Crippen molar-refractivity contribution in [2.24, 2.45) is 0 Å². The molecule has 1 heterocycles. The molecule has 0 N–H and O–H groups in total. The smallest absolute Gasteiger partial charge is 0.303 e. The molecule has 0 aromatic heterocycles. The molecule has 2 aromatic rings. The Kier molecular flexibility index (Phi) is 4.12. The molecule has 0 spiro atoms. The number of para-hydroxylation sites is 1. The molecule has 0 radical (unpaired) electrons. The average Bonchev–Trinajstić information content (AvgIpc) is 2.51. The van der Waals surface area contributed by atoms with Crippen LogP contribution in [0.15, 0.2) is 52.3 Å². The molecule has 0 bridgehead atoms. The average molecular weight is 313 g/mol. The fourth-order valence-electron chi connectivity index (χ4n) is 2.76. The molecule has 3 nitrogen and oxygen atoms in total. The lowest BCUT2D eigenvalue weighted by atomic mass is 10.1. The van der Waals surface area contributed by atoms with E-state index in [4.69, 9.17) is 4.74 Å². The van der Waals surface area contributed by atoms with Crippen LogP contribution < -0.4 is 4.90 Å². The number of rotatable bonds is 3. The Labute approximate surface area is 135 Å². The number of carbonyl (C=O) groups is 1. The van der Waals surface area contributed by atoms with Gasteiger partial charge in [0.1, 0.15) is 6.10 Å². The normalized spacial score (nSPS) is 14.0. The second-order valence-corrected chi connectivity index (χ2v) is 6.38. The van der Waals surface area contributed by atoms with Crippen LogP contribution in [0.1, 0.15) is 32.4 Å². The molecule has 22 heavy (non-hydrogen) atoms. The van der Waals surface area contributed by atoms with E-state index in [1.54, 1.807) is 11.8 Å². The van der Waals surface area contributed by atoms with E-state index in [9.17, 15) is 4.79 Å². The lowest BCUT2D eigenvalue weighted by Gasteiger charge is -2.32. The minimum Gasteiger partial charge on any atom is -0.458 e. The Balaban J connectivity index is 2.01. The number of ether oxygens (including phenoxy) is 1. The molecule has 0 saturated carbocycles. The van der Waals surface area contributed by atoms with Crippen LogP contribution in [0.2, 0.25) is 0 Å². The van der Waals surface area contributed by atoms with Gasteiger partial charge in [0.15, 0.2) is 0 Å². The molecule has 3 rings (SSSR count). The Morgan fingerprint density at radius 3 is 2.64 bits per heavy atom. The van der Waals surface area contributed by atoms with Crippen LogP contribution >= 0.6 is 11.8 Å². The molecule has 0 saturated heterocycles. The van der Waals surface area contributed by atoms with E-state index >= 15 is 0 Å². The fraction of sp³-hybridized carbons (Fsp3) is 0.278. The molecule has 114 valence electrons. The number of benzene rings is 2. The summed E-state index contributed by atoms with van der Waals surface area (Å²) in [5.41, 5.74) is 3.44. The summed E-state index contributed by atoms with van der Waals surface area (Å²) in [6, 6.07) is 14.7. The maximum atomic E-state index is 11.2. The molecule has 1 aliphatic heterocycles. The number of nitrogens with zero attached hydrogens (tertiary/aromatic N) is 1. The molecule has 0 fully saturated rings. The topological polar surface area (TPSA) is 29.5 Å². The summed E-state index contributed by atoms with van der Waals surface area (Å²) in [7, 11) is 0. The number of anilines is 2. The van der Waals surface area contributed by atoms with E-state index < -0.39 is 0 Å². The number of carbonyl (C=O) groups excluding carboxylic acids is 1. The first-order chi connectivity index (χ1) is 10.6. The van der Waals surface area contributed by atoms with Gasteiger partial charge in [0.05, 0.1) is 11.4 Å². The third-order valence-electron chi connectivity index (χ3n) is 3.78. The second kappa shape index (κ2) is 6.05. The number of esters is 1. The van der Waals surface area contributed by atoms with Gasteiger partial charge in [-0.2, -0.15) is 0 Å². The van der Waals surface area contributed by atoms with Crippen LogP contribution in [-0.2, 0) is 9.53 Å². The number of hydrogen-bond acceptors (Lipinski definition) is 4. The van der Waals surface area contributed by atoms with Gasteiger partial charge in [0, 0.05) is 23.3 Å². The van der Waals surface area contributed by atoms with Crippen molar-refractivity contribution >= 4 is 29.1 Å². The first kappa shape index (κ1) is 15.0. The van der Waals surface area contributed by atoms with Gasteiger partial charge in [0.25, 0.3) is 0 Å². The predicted octanol–water partition coefficient (Wildman–Crippen LogP) is 4.93. The maximum Gasteiger partial charge on any atom is 0.303 e. The van der Waals surface area contributed by atoms with Crippen LogP contribution in [0.5, 0.6) is 0 Å². The second-order valence-electron chi connectivity index (χ2n) is 5.29. The van der Waals surface area contributed by atoms with E-state index in [0.717, 1.165) is 12.1 Å². The standard InChI is InChI=1S/C18H19NO2S/c1-4-19-15-7-5-6-8-17(15)22-18-10-9-14(11-16(18)19)12(2)21-13(3)20/h5-12H,4H2,1-3H3/t12-/m1/s1. The summed E-state index contributed by atoms with van der Waals surface area (Å²) in [6.45, 7) is 6.40. The molecular formula is C18H19NO2S. The van der Waals surface area contributed by atoms with Gasteiger partial charge in [-0.15, -0.1) is 0 Å². The molecule has 0 unspecified atom stereocenters.